The number of carbonyl (C=O) groups excluding carboxylic acids is 1. The van der Waals surface area contributed by atoms with Crippen LogP contribution in [-0.4, -0.2) is 39.3 Å². The number of nitrogens with zero attached hydrogens (tertiary/aromatic N) is 1. The molecule has 1 atom stereocenters. The Bertz CT molecular complexity index is 1000. The van der Waals surface area contributed by atoms with E-state index in [9.17, 15) is 13.2 Å². The second-order valence-electron chi connectivity index (χ2n) is 7.61. The minimum atomic E-state index is -3.79. The van der Waals surface area contributed by atoms with Crippen molar-refractivity contribution in [1.82, 2.24) is 9.62 Å². The van der Waals surface area contributed by atoms with Crippen LogP contribution in [0.25, 0.3) is 0 Å². The molecule has 0 fully saturated rings. The van der Waals surface area contributed by atoms with Crippen LogP contribution in [0.15, 0.2) is 41.3 Å². The van der Waals surface area contributed by atoms with Gasteiger partial charge in [-0.25, -0.2) is 8.42 Å². The van der Waals surface area contributed by atoms with Crippen LogP contribution in [0, 0.1) is 6.92 Å². The van der Waals surface area contributed by atoms with Crippen molar-refractivity contribution in [2.45, 2.75) is 44.6 Å². The minimum absolute atomic E-state index is 0.0859. The van der Waals surface area contributed by atoms with Crippen molar-refractivity contribution in [2.24, 2.45) is 0 Å². The number of benzene rings is 2. The third-order valence-electron chi connectivity index (χ3n) is 4.97. The molecule has 0 heterocycles. The first-order valence-electron chi connectivity index (χ1n) is 9.67. The number of aryl methyl sites for hydroxylation is 1. The van der Waals surface area contributed by atoms with Crippen LogP contribution in [0.4, 0.5) is 0 Å². The van der Waals surface area contributed by atoms with Gasteiger partial charge in [-0.3, -0.25) is 4.79 Å². The average Bonchev–Trinajstić information content (AvgIpc) is 2.67. The summed E-state index contributed by atoms with van der Waals surface area (Å²) in [5.74, 6) is 0.695. The Balaban J connectivity index is 2.14. The van der Waals surface area contributed by atoms with Crippen molar-refractivity contribution in [1.29, 1.82) is 0 Å². The van der Waals surface area contributed by atoms with E-state index in [4.69, 9.17) is 16.3 Å². The Morgan fingerprint density at radius 3 is 2.27 bits per heavy atom. The standard InChI is InChI=1S/C22H29ClN2O4S/c1-14(2)19-12-20(15(3)11-21(19)29-6)16(4)24-22(26)13-25(5)30(27,28)18-9-7-17(23)8-10-18/h7-12,14,16H,13H2,1-6H3,(H,24,26). The number of ether oxygens (including phenoxy) is 1. The highest BCUT2D eigenvalue weighted by molar-refractivity contribution is 7.89. The highest BCUT2D eigenvalue weighted by Gasteiger charge is 2.24. The molecule has 1 amide bonds. The summed E-state index contributed by atoms with van der Waals surface area (Å²) in [6, 6.07) is 9.56. The minimum Gasteiger partial charge on any atom is -0.496 e. The van der Waals surface area contributed by atoms with Crippen molar-refractivity contribution in [3.8, 4) is 5.75 Å². The van der Waals surface area contributed by atoms with E-state index < -0.39 is 10.0 Å². The average molecular weight is 453 g/mol. The maximum absolute atomic E-state index is 12.7. The first-order valence-corrected chi connectivity index (χ1v) is 11.5. The number of methoxy groups -OCH3 is 1. The summed E-state index contributed by atoms with van der Waals surface area (Å²) in [5, 5.41) is 3.34. The Hall–Kier alpha value is -2.09. The molecule has 0 bridgehead atoms. The molecule has 0 saturated heterocycles. The van der Waals surface area contributed by atoms with Gasteiger partial charge >= 0.3 is 0 Å². The number of amides is 1. The van der Waals surface area contributed by atoms with Gasteiger partial charge in [0, 0.05) is 12.1 Å². The predicted octanol–water partition coefficient (Wildman–Crippen LogP) is 4.28. The Morgan fingerprint density at radius 2 is 1.73 bits per heavy atom. The first kappa shape index (κ1) is 24.2. The van der Waals surface area contributed by atoms with Crippen LogP contribution in [0.1, 0.15) is 49.4 Å². The van der Waals surface area contributed by atoms with Crippen molar-refractivity contribution < 1.29 is 17.9 Å². The molecule has 0 aliphatic rings. The van der Waals surface area contributed by atoms with Crippen molar-refractivity contribution >= 4 is 27.5 Å². The maximum Gasteiger partial charge on any atom is 0.243 e. The molecule has 0 aliphatic heterocycles. The Labute approximate surface area is 184 Å². The quantitative estimate of drug-likeness (QED) is 0.648. The van der Waals surface area contributed by atoms with Gasteiger partial charge in [0.2, 0.25) is 15.9 Å². The molecule has 0 saturated carbocycles. The number of rotatable bonds is 8. The lowest BCUT2D eigenvalue weighted by atomic mass is 9.93. The number of sulfonamides is 1. The van der Waals surface area contributed by atoms with Gasteiger partial charge in [-0.1, -0.05) is 25.4 Å². The summed E-state index contributed by atoms with van der Waals surface area (Å²) >= 11 is 5.82. The zero-order valence-electron chi connectivity index (χ0n) is 18.2. The molecule has 2 rings (SSSR count). The molecule has 0 radical (unpaired) electrons. The van der Waals surface area contributed by atoms with Crippen LogP contribution in [0.5, 0.6) is 5.75 Å². The summed E-state index contributed by atoms with van der Waals surface area (Å²) < 4.78 is 31.8. The molecule has 0 spiro atoms. The van der Waals surface area contributed by atoms with Crippen LogP contribution < -0.4 is 10.1 Å². The molecular formula is C22H29ClN2O4S. The fourth-order valence-corrected chi connectivity index (χ4v) is 4.50. The lowest BCUT2D eigenvalue weighted by molar-refractivity contribution is -0.121. The van der Waals surface area contributed by atoms with Gasteiger partial charge in [-0.05, 0) is 72.9 Å². The smallest absolute Gasteiger partial charge is 0.243 e. The number of hydrogen-bond donors (Lipinski definition) is 1. The lowest BCUT2D eigenvalue weighted by Gasteiger charge is -2.22. The number of carbonyl (C=O) groups is 1. The van der Waals surface area contributed by atoms with Gasteiger partial charge < -0.3 is 10.1 Å². The van der Waals surface area contributed by atoms with Crippen LogP contribution >= 0.6 is 11.6 Å². The van der Waals surface area contributed by atoms with E-state index in [0.29, 0.717) is 5.02 Å². The van der Waals surface area contributed by atoms with E-state index in [-0.39, 0.29) is 29.3 Å². The van der Waals surface area contributed by atoms with E-state index in [1.807, 2.05) is 26.0 Å². The SMILES string of the molecule is COc1cc(C)c(C(C)NC(=O)CN(C)S(=O)(=O)c2ccc(Cl)cc2)cc1C(C)C. The topological polar surface area (TPSA) is 75.7 Å². The summed E-state index contributed by atoms with van der Waals surface area (Å²) in [7, 11) is -0.769. The second kappa shape index (κ2) is 9.81. The van der Waals surface area contributed by atoms with Gasteiger partial charge in [-0.2, -0.15) is 4.31 Å². The second-order valence-corrected chi connectivity index (χ2v) is 10.1. The van der Waals surface area contributed by atoms with E-state index >= 15 is 0 Å². The largest absolute Gasteiger partial charge is 0.496 e. The molecule has 164 valence electrons. The third-order valence-corrected chi connectivity index (χ3v) is 7.04. The van der Waals surface area contributed by atoms with E-state index in [1.54, 1.807) is 7.11 Å². The monoisotopic (exact) mass is 452 g/mol. The zero-order chi connectivity index (χ0) is 22.6. The highest BCUT2D eigenvalue weighted by Crippen LogP contribution is 2.32. The summed E-state index contributed by atoms with van der Waals surface area (Å²) in [6.07, 6.45) is 0. The fraction of sp³-hybridized carbons (Fsp3) is 0.409. The Kier molecular flexibility index (Phi) is 7.91. The van der Waals surface area contributed by atoms with Crippen LogP contribution in [0.2, 0.25) is 5.02 Å². The molecular weight excluding hydrogens is 424 g/mol. The van der Waals surface area contributed by atoms with Crippen LogP contribution in [0.3, 0.4) is 0 Å². The fourth-order valence-electron chi connectivity index (χ4n) is 3.25. The Morgan fingerprint density at radius 1 is 1.13 bits per heavy atom. The summed E-state index contributed by atoms with van der Waals surface area (Å²) in [4.78, 5) is 12.6. The van der Waals surface area contributed by atoms with E-state index in [2.05, 4.69) is 19.2 Å². The number of halogens is 1. The van der Waals surface area contributed by atoms with Crippen molar-refractivity contribution in [3.05, 3.63) is 58.1 Å². The summed E-state index contributed by atoms with van der Waals surface area (Å²) in [6.45, 7) is 7.71. The number of nitrogens with one attached hydrogen (secondary N) is 1. The maximum atomic E-state index is 12.7. The van der Waals surface area contributed by atoms with Gasteiger partial charge in [0.15, 0.2) is 0 Å². The molecule has 2 aromatic rings. The van der Waals surface area contributed by atoms with Crippen LogP contribution in [-0.2, 0) is 14.8 Å². The van der Waals surface area contributed by atoms with Crippen molar-refractivity contribution in [2.75, 3.05) is 20.7 Å². The molecule has 1 unspecified atom stereocenters. The molecule has 8 heteroatoms. The van der Waals surface area contributed by atoms with E-state index in [0.717, 1.165) is 26.7 Å². The molecule has 0 aromatic heterocycles. The molecule has 6 nitrogen and oxygen atoms in total. The predicted molar refractivity (Wildman–Crippen MR) is 120 cm³/mol. The molecule has 2 aromatic carbocycles. The van der Waals surface area contributed by atoms with Gasteiger partial charge in [0.05, 0.1) is 24.6 Å². The van der Waals surface area contributed by atoms with Gasteiger partial charge in [0.25, 0.3) is 0 Å². The molecule has 30 heavy (non-hydrogen) atoms. The normalized spacial score (nSPS) is 12.8. The number of hydrogen-bond acceptors (Lipinski definition) is 4. The molecule has 0 aliphatic carbocycles. The van der Waals surface area contributed by atoms with Gasteiger partial charge in [-0.15, -0.1) is 0 Å². The summed E-state index contributed by atoms with van der Waals surface area (Å²) in [5.41, 5.74) is 3.02. The van der Waals surface area contributed by atoms with E-state index in [1.165, 1.54) is 31.3 Å². The zero-order valence-corrected chi connectivity index (χ0v) is 19.8. The molecule has 1 N–H and O–H groups in total. The third kappa shape index (κ3) is 5.53. The lowest BCUT2D eigenvalue weighted by Crippen LogP contribution is -2.39. The number of likely N-dealkylation sites (N-methyl/N-ethyl adjacent to an activating group) is 1. The first-order chi connectivity index (χ1) is 14.0. The van der Waals surface area contributed by atoms with Gasteiger partial charge in [0.1, 0.15) is 5.75 Å². The highest BCUT2D eigenvalue weighted by atomic mass is 35.5. The van der Waals surface area contributed by atoms with Crippen molar-refractivity contribution in [3.63, 3.8) is 0 Å².